The molecule has 2 aromatic rings. The number of benzene rings is 2. The molecule has 9 heteroatoms. The number of amides is 1. The van der Waals surface area contributed by atoms with Gasteiger partial charge in [0, 0.05) is 44.1 Å². The molecule has 1 spiro atoms. The third-order valence-corrected chi connectivity index (χ3v) is 6.09. The van der Waals surface area contributed by atoms with Crippen LogP contribution < -0.4 is 14.2 Å². The van der Waals surface area contributed by atoms with Crippen LogP contribution in [0.25, 0.3) is 6.08 Å². The van der Waals surface area contributed by atoms with E-state index in [1.54, 1.807) is 35.2 Å². The van der Waals surface area contributed by atoms with Gasteiger partial charge in [-0.2, -0.15) is 0 Å². The molecule has 2 heterocycles. The Morgan fingerprint density at radius 1 is 1.18 bits per heavy atom. The van der Waals surface area contributed by atoms with Gasteiger partial charge in [0.1, 0.15) is 5.60 Å². The smallest absolute Gasteiger partial charge is 0.270 e. The minimum Gasteiger partial charge on any atom is -0.493 e. The Morgan fingerprint density at radius 3 is 2.61 bits per heavy atom. The van der Waals surface area contributed by atoms with Crippen LogP contribution in [0.2, 0.25) is 0 Å². The Balaban J connectivity index is 1.45. The fourth-order valence-electron chi connectivity index (χ4n) is 4.29. The second-order valence-electron chi connectivity index (χ2n) is 8.07. The predicted octanol–water partition coefficient (Wildman–Crippen LogP) is 3.65. The summed E-state index contributed by atoms with van der Waals surface area (Å²) in [6, 6.07) is 9.45. The molecule has 0 saturated carbocycles. The SMILES string of the molecule is COc1ccc2c(c1OC)OC1(CCN(C(=O)/C=C/c3cccc([N+](=O)[O-])c3)CC1)CC2=O. The molecule has 1 saturated heterocycles. The third kappa shape index (κ3) is 4.39. The number of likely N-dealkylation sites (tertiary alicyclic amines) is 1. The fourth-order valence-corrected chi connectivity index (χ4v) is 4.29. The summed E-state index contributed by atoms with van der Waals surface area (Å²) in [5.41, 5.74) is 0.307. The third-order valence-electron chi connectivity index (χ3n) is 6.09. The van der Waals surface area contributed by atoms with Crippen molar-refractivity contribution in [1.29, 1.82) is 0 Å². The van der Waals surface area contributed by atoms with Crippen molar-refractivity contribution < 1.29 is 28.7 Å². The van der Waals surface area contributed by atoms with E-state index in [2.05, 4.69) is 0 Å². The van der Waals surface area contributed by atoms with E-state index in [1.807, 2.05) is 0 Å². The number of nitro groups is 1. The fraction of sp³-hybridized carbons (Fsp3) is 0.333. The van der Waals surface area contributed by atoms with E-state index >= 15 is 0 Å². The summed E-state index contributed by atoms with van der Waals surface area (Å²) >= 11 is 0. The predicted molar refractivity (Wildman–Crippen MR) is 120 cm³/mol. The van der Waals surface area contributed by atoms with Crippen molar-refractivity contribution in [3.63, 3.8) is 0 Å². The maximum atomic E-state index is 12.9. The Hall–Kier alpha value is -3.88. The highest BCUT2D eigenvalue weighted by Crippen LogP contribution is 2.47. The van der Waals surface area contributed by atoms with Crippen LogP contribution in [0.15, 0.2) is 42.5 Å². The van der Waals surface area contributed by atoms with Crippen LogP contribution in [0.3, 0.4) is 0 Å². The van der Waals surface area contributed by atoms with Gasteiger partial charge in [-0.3, -0.25) is 19.7 Å². The number of methoxy groups -OCH3 is 2. The number of hydrogen-bond acceptors (Lipinski definition) is 7. The number of hydrogen-bond donors (Lipinski definition) is 0. The summed E-state index contributed by atoms with van der Waals surface area (Å²) in [4.78, 5) is 37.7. The highest BCUT2D eigenvalue weighted by atomic mass is 16.6. The molecular formula is C24H24N2O7. The number of Topliss-reactive ketones (excluding diaryl/α,β-unsaturated/α-hetero) is 1. The minimum atomic E-state index is -0.704. The summed E-state index contributed by atoms with van der Waals surface area (Å²) in [7, 11) is 3.03. The van der Waals surface area contributed by atoms with Gasteiger partial charge < -0.3 is 19.1 Å². The number of carbonyl (C=O) groups is 2. The molecule has 2 aromatic carbocycles. The van der Waals surface area contributed by atoms with Gasteiger partial charge in [0.15, 0.2) is 17.3 Å². The summed E-state index contributed by atoms with van der Waals surface area (Å²) in [5.74, 6) is 1.04. The zero-order chi connectivity index (χ0) is 23.6. The van der Waals surface area contributed by atoms with Gasteiger partial charge in [-0.05, 0) is 23.8 Å². The lowest BCUT2D eigenvalue weighted by molar-refractivity contribution is -0.384. The van der Waals surface area contributed by atoms with Gasteiger partial charge in [-0.25, -0.2) is 0 Å². The lowest BCUT2D eigenvalue weighted by Gasteiger charge is -2.44. The lowest BCUT2D eigenvalue weighted by Crippen LogP contribution is -2.52. The van der Waals surface area contributed by atoms with E-state index in [-0.39, 0.29) is 23.8 Å². The molecule has 0 N–H and O–H groups in total. The molecule has 172 valence electrons. The monoisotopic (exact) mass is 452 g/mol. The second-order valence-corrected chi connectivity index (χ2v) is 8.07. The molecule has 1 amide bonds. The minimum absolute atomic E-state index is 0.0254. The molecule has 9 nitrogen and oxygen atoms in total. The van der Waals surface area contributed by atoms with E-state index in [4.69, 9.17) is 14.2 Å². The standard InChI is InChI=1S/C24H24N2O7/c1-31-20-8-7-18-19(27)15-24(33-22(18)23(20)32-2)10-12-25(13-11-24)21(28)9-6-16-4-3-5-17(14-16)26(29)30/h3-9,14H,10-13,15H2,1-2H3/b9-6+. The number of nitro benzene ring substituents is 1. The van der Waals surface area contributed by atoms with Crippen molar-refractivity contribution in [3.05, 3.63) is 63.7 Å². The first kappa shape index (κ1) is 22.3. The van der Waals surface area contributed by atoms with Gasteiger partial charge in [-0.15, -0.1) is 0 Å². The highest BCUT2D eigenvalue weighted by molar-refractivity contribution is 6.01. The first-order chi connectivity index (χ1) is 15.9. The molecule has 0 aromatic heterocycles. The van der Waals surface area contributed by atoms with Crippen molar-refractivity contribution in [2.24, 2.45) is 0 Å². The molecule has 0 bridgehead atoms. The largest absolute Gasteiger partial charge is 0.493 e. The normalized spacial score (nSPS) is 16.9. The number of nitrogens with zero attached hydrogens (tertiary/aromatic N) is 2. The summed E-state index contributed by atoms with van der Waals surface area (Å²) in [6.07, 6.45) is 4.20. The van der Waals surface area contributed by atoms with E-state index in [9.17, 15) is 19.7 Å². The van der Waals surface area contributed by atoms with E-state index in [1.165, 1.54) is 32.4 Å². The van der Waals surface area contributed by atoms with Gasteiger partial charge >= 0.3 is 0 Å². The number of ether oxygens (including phenoxy) is 3. The van der Waals surface area contributed by atoms with E-state index in [0.29, 0.717) is 54.3 Å². The molecule has 4 rings (SSSR count). The topological polar surface area (TPSA) is 108 Å². The number of fused-ring (bicyclic) bond motifs is 1. The highest BCUT2D eigenvalue weighted by Gasteiger charge is 2.45. The van der Waals surface area contributed by atoms with Crippen LogP contribution in [-0.2, 0) is 4.79 Å². The van der Waals surface area contributed by atoms with Crippen LogP contribution in [-0.4, -0.2) is 54.4 Å². The average molecular weight is 452 g/mol. The average Bonchev–Trinajstić information content (AvgIpc) is 2.82. The molecule has 0 atom stereocenters. The molecule has 1 fully saturated rings. The Labute approximate surface area is 190 Å². The van der Waals surface area contributed by atoms with Gasteiger partial charge in [0.25, 0.3) is 5.69 Å². The maximum absolute atomic E-state index is 12.9. The van der Waals surface area contributed by atoms with Crippen molar-refractivity contribution in [3.8, 4) is 17.2 Å². The lowest BCUT2D eigenvalue weighted by atomic mass is 9.82. The van der Waals surface area contributed by atoms with Crippen LogP contribution in [0.4, 0.5) is 5.69 Å². The molecular weight excluding hydrogens is 428 g/mol. The van der Waals surface area contributed by atoms with E-state index < -0.39 is 10.5 Å². The van der Waals surface area contributed by atoms with Crippen LogP contribution in [0, 0.1) is 10.1 Å². The molecule has 0 aliphatic carbocycles. The summed E-state index contributed by atoms with van der Waals surface area (Å²) in [6.45, 7) is 0.847. The summed E-state index contributed by atoms with van der Waals surface area (Å²) < 4.78 is 17.1. The Bertz CT molecular complexity index is 1130. The van der Waals surface area contributed by atoms with Crippen molar-refractivity contribution in [2.75, 3.05) is 27.3 Å². The number of non-ortho nitro benzene ring substituents is 1. The summed E-state index contributed by atoms with van der Waals surface area (Å²) in [5, 5.41) is 10.9. The number of ketones is 1. The number of carbonyl (C=O) groups excluding carboxylic acids is 2. The Kier molecular flexibility index (Phi) is 6.04. The second kappa shape index (κ2) is 8.93. The zero-order valence-electron chi connectivity index (χ0n) is 18.4. The molecule has 33 heavy (non-hydrogen) atoms. The van der Waals surface area contributed by atoms with Crippen LogP contribution in [0.1, 0.15) is 35.2 Å². The Morgan fingerprint density at radius 2 is 1.94 bits per heavy atom. The molecule has 2 aliphatic rings. The maximum Gasteiger partial charge on any atom is 0.270 e. The number of piperidine rings is 1. The molecule has 0 unspecified atom stereocenters. The van der Waals surface area contributed by atoms with Crippen LogP contribution in [0.5, 0.6) is 17.2 Å². The van der Waals surface area contributed by atoms with Crippen molar-refractivity contribution >= 4 is 23.5 Å². The van der Waals surface area contributed by atoms with Crippen molar-refractivity contribution in [2.45, 2.75) is 24.9 Å². The molecule has 2 aliphatic heterocycles. The van der Waals surface area contributed by atoms with Crippen LogP contribution >= 0.6 is 0 Å². The first-order valence-electron chi connectivity index (χ1n) is 10.5. The van der Waals surface area contributed by atoms with Gasteiger partial charge in [0.05, 0.1) is 31.1 Å². The van der Waals surface area contributed by atoms with E-state index in [0.717, 1.165) is 0 Å². The number of rotatable bonds is 5. The quantitative estimate of drug-likeness (QED) is 0.387. The zero-order valence-corrected chi connectivity index (χ0v) is 18.4. The van der Waals surface area contributed by atoms with Gasteiger partial charge in [-0.1, -0.05) is 12.1 Å². The van der Waals surface area contributed by atoms with Crippen molar-refractivity contribution in [1.82, 2.24) is 4.90 Å². The molecule has 0 radical (unpaired) electrons. The van der Waals surface area contributed by atoms with Gasteiger partial charge in [0.2, 0.25) is 11.7 Å². The first-order valence-corrected chi connectivity index (χ1v) is 10.5.